The molecule has 2 fully saturated rings. The van der Waals surface area contributed by atoms with Gasteiger partial charge in [0, 0.05) is 25.2 Å². The number of rotatable bonds is 5. The molecule has 1 unspecified atom stereocenters. The van der Waals surface area contributed by atoms with Gasteiger partial charge in [0.1, 0.15) is 0 Å². The molecule has 0 aromatic rings. The Hall–Kier alpha value is -0.0800. The second-order valence-corrected chi connectivity index (χ2v) is 6.27. The van der Waals surface area contributed by atoms with Gasteiger partial charge in [0.15, 0.2) is 0 Å². The van der Waals surface area contributed by atoms with Gasteiger partial charge in [-0.15, -0.1) is 0 Å². The van der Waals surface area contributed by atoms with E-state index in [1.807, 2.05) is 0 Å². The quantitative estimate of drug-likeness (QED) is 0.749. The lowest BCUT2D eigenvalue weighted by molar-refractivity contribution is 0.308. The maximum absolute atomic E-state index is 3.71. The molecule has 1 N–H and O–H groups in total. The Labute approximate surface area is 94.4 Å². The van der Waals surface area contributed by atoms with Gasteiger partial charge in [-0.25, -0.2) is 0 Å². The van der Waals surface area contributed by atoms with Crippen molar-refractivity contribution in [3.05, 3.63) is 0 Å². The molecule has 0 bridgehead atoms. The monoisotopic (exact) mass is 210 g/mol. The van der Waals surface area contributed by atoms with Crippen molar-refractivity contribution < 1.29 is 0 Å². The van der Waals surface area contributed by atoms with Gasteiger partial charge < -0.3 is 10.2 Å². The van der Waals surface area contributed by atoms with E-state index in [1.54, 1.807) is 0 Å². The van der Waals surface area contributed by atoms with Crippen LogP contribution in [0.25, 0.3) is 0 Å². The van der Waals surface area contributed by atoms with Crippen LogP contribution in [0.15, 0.2) is 0 Å². The van der Waals surface area contributed by atoms with Crippen LogP contribution in [0.5, 0.6) is 0 Å². The number of hydrogen-bond acceptors (Lipinski definition) is 2. The van der Waals surface area contributed by atoms with Gasteiger partial charge in [0.05, 0.1) is 0 Å². The highest BCUT2D eigenvalue weighted by atomic mass is 15.2. The largest absolute Gasteiger partial charge is 0.313 e. The number of nitrogens with zero attached hydrogens (tertiary/aromatic N) is 1. The molecule has 0 aliphatic heterocycles. The standard InChI is InChI=1S/C13H26N2/c1-13(2)7-6-11(10-13)14-8-9-15(3)12-4-5-12/h11-12,14H,4-10H2,1-3H3. The van der Waals surface area contributed by atoms with Gasteiger partial charge in [-0.05, 0) is 44.6 Å². The van der Waals surface area contributed by atoms with E-state index >= 15 is 0 Å². The van der Waals surface area contributed by atoms with Gasteiger partial charge in [0.2, 0.25) is 0 Å². The van der Waals surface area contributed by atoms with E-state index in [9.17, 15) is 0 Å². The number of hydrogen-bond donors (Lipinski definition) is 1. The second kappa shape index (κ2) is 4.42. The summed E-state index contributed by atoms with van der Waals surface area (Å²) in [5.74, 6) is 0. The van der Waals surface area contributed by atoms with Crippen molar-refractivity contribution in [1.82, 2.24) is 10.2 Å². The van der Waals surface area contributed by atoms with E-state index in [1.165, 1.54) is 45.2 Å². The van der Waals surface area contributed by atoms with Crippen molar-refractivity contribution in [3.8, 4) is 0 Å². The Balaban J connectivity index is 1.58. The van der Waals surface area contributed by atoms with Crippen LogP contribution in [0.2, 0.25) is 0 Å². The SMILES string of the molecule is CN(CCNC1CCC(C)(C)C1)C1CC1. The topological polar surface area (TPSA) is 15.3 Å². The minimum atomic E-state index is 0.583. The van der Waals surface area contributed by atoms with Crippen molar-refractivity contribution >= 4 is 0 Å². The van der Waals surface area contributed by atoms with Crippen LogP contribution in [-0.4, -0.2) is 37.1 Å². The predicted molar refractivity (Wildman–Crippen MR) is 65.1 cm³/mol. The molecule has 0 aromatic heterocycles. The zero-order valence-corrected chi connectivity index (χ0v) is 10.6. The summed E-state index contributed by atoms with van der Waals surface area (Å²) in [4.78, 5) is 2.51. The van der Waals surface area contributed by atoms with Gasteiger partial charge in [-0.2, -0.15) is 0 Å². The van der Waals surface area contributed by atoms with Gasteiger partial charge in [0.25, 0.3) is 0 Å². The molecule has 0 radical (unpaired) electrons. The summed E-state index contributed by atoms with van der Waals surface area (Å²) in [5.41, 5.74) is 0.583. The number of nitrogens with one attached hydrogen (secondary N) is 1. The first-order valence-corrected chi connectivity index (χ1v) is 6.50. The van der Waals surface area contributed by atoms with Crippen molar-refractivity contribution in [2.45, 2.75) is 58.0 Å². The molecule has 0 spiro atoms. The van der Waals surface area contributed by atoms with Crippen LogP contribution in [0.1, 0.15) is 46.0 Å². The molecule has 0 saturated heterocycles. The molecule has 2 nitrogen and oxygen atoms in total. The van der Waals surface area contributed by atoms with Crippen molar-refractivity contribution in [2.75, 3.05) is 20.1 Å². The highest BCUT2D eigenvalue weighted by Crippen LogP contribution is 2.36. The second-order valence-electron chi connectivity index (χ2n) is 6.27. The summed E-state index contributed by atoms with van der Waals surface area (Å²) in [5, 5.41) is 3.71. The molecule has 2 aliphatic carbocycles. The average molecular weight is 210 g/mol. The van der Waals surface area contributed by atoms with E-state index in [0.717, 1.165) is 12.1 Å². The maximum atomic E-state index is 3.71. The van der Waals surface area contributed by atoms with Crippen LogP contribution in [0.3, 0.4) is 0 Å². The summed E-state index contributed by atoms with van der Waals surface area (Å²) in [6, 6.07) is 1.69. The molecule has 2 saturated carbocycles. The van der Waals surface area contributed by atoms with E-state index in [2.05, 4.69) is 31.1 Å². The molecular formula is C13H26N2. The van der Waals surface area contributed by atoms with Crippen LogP contribution in [0.4, 0.5) is 0 Å². The Morgan fingerprint density at radius 3 is 2.53 bits per heavy atom. The fraction of sp³-hybridized carbons (Fsp3) is 1.00. The van der Waals surface area contributed by atoms with E-state index in [-0.39, 0.29) is 0 Å². The fourth-order valence-corrected chi connectivity index (χ4v) is 2.75. The molecule has 2 heteroatoms. The highest BCUT2D eigenvalue weighted by molar-refractivity contribution is 4.87. The third-order valence-electron chi connectivity index (χ3n) is 4.04. The fourth-order valence-electron chi connectivity index (χ4n) is 2.75. The van der Waals surface area contributed by atoms with Crippen LogP contribution in [0, 0.1) is 5.41 Å². The normalized spacial score (nSPS) is 30.0. The molecule has 0 aromatic carbocycles. The van der Waals surface area contributed by atoms with E-state index < -0.39 is 0 Å². The summed E-state index contributed by atoms with van der Waals surface area (Å²) < 4.78 is 0. The first-order chi connectivity index (χ1) is 7.07. The van der Waals surface area contributed by atoms with Gasteiger partial charge in [-0.3, -0.25) is 0 Å². The molecule has 15 heavy (non-hydrogen) atoms. The lowest BCUT2D eigenvalue weighted by atomic mass is 9.92. The lowest BCUT2D eigenvalue weighted by Crippen LogP contribution is -2.35. The zero-order valence-electron chi connectivity index (χ0n) is 10.6. The molecule has 1 atom stereocenters. The molecule has 2 aliphatic rings. The van der Waals surface area contributed by atoms with Crippen LogP contribution in [-0.2, 0) is 0 Å². The Morgan fingerprint density at radius 1 is 1.27 bits per heavy atom. The summed E-state index contributed by atoms with van der Waals surface area (Å²) >= 11 is 0. The van der Waals surface area contributed by atoms with Crippen molar-refractivity contribution in [2.24, 2.45) is 5.41 Å². The summed E-state index contributed by atoms with van der Waals surface area (Å²) in [6.07, 6.45) is 6.98. The van der Waals surface area contributed by atoms with Crippen molar-refractivity contribution in [1.29, 1.82) is 0 Å². The Morgan fingerprint density at radius 2 is 2.00 bits per heavy atom. The van der Waals surface area contributed by atoms with Gasteiger partial charge >= 0.3 is 0 Å². The summed E-state index contributed by atoms with van der Waals surface area (Å²) in [6.45, 7) is 7.19. The van der Waals surface area contributed by atoms with Crippen molar-refractivity contribution in [3.63, 3.8) is 0 Å². The average Bonchev–Trinajstić information content (AvgIpc) is 2.92. The Kier molecular flexibility index (Phi) is 3.36. The van der Waals surface area contributed by atoms with Gasteiger partial charge in [-0.1, -0.05) is 13.8 Å². The Bertz CT molecular complexity index is 209. The van der Waals surface area contributed by atoms with E-state index in [4.69, 9.17) is 0 Å². The highest BCUT2D eigenvalue weighted by Gasteiger charge is 2.30. The first kappa shape index (κ1) is 11.4. The maximum Gasteiger partial charge on any atom is 0.0107 e. The lowest BCUT2D eigenvalue weighted by Gasteiger charge is -2.20. The molecule has 2 rings (SSSR count). The smallest absolute Gasteiger partial charge is 0.0107 e. The third kappa shape index (κ3) is 3.46. The zero-order chi connectivity index (χ0) is 10.9. The first-order valence-electron chi connectivity index (χ1n) is 6.50. The molecule has 0 heterocycles. The third-order valence-corrected chi connectivity index (χ3v) is 4.04. The van der Waals surface area contributed by atoms with Crippen LogP contribution >= 0.6 is 0 Å². The summed E-state index contributed by atoms with van der Waals surface area (Å²) in [7, 11) is 2.26. The predicted octanol–water partition coefficient (Wildman–Crippen LogP) is 2.25. The minimum Gasteiger partial charge on any atom is -0.313 e. The van der Waals surface area contributed by atoms with E-state index in [0.29, 0.717) is 5.41 Å². The minimum absolute atomic E-state index is 0.583. The molecular weight excluding hydrogens is 184 g/mol. The molecule has 0 amide bonds. The number of likely N-dealkylation sites (N-methyl/N-ethyl adjacent to an activating group) is 1. The molecule has 88 valence electrons. The van der Waals surface area contributed by atoms with Crippen LogP contribution < -0.4 is 5.32 Å².